The van der Waals surface area contributed by atoms with E-state index in [0.29, 0.717) is 24.5 Å². The van der Waals surface area contributed by atoms with Gasteiger partial charge in [0.25, 0.3) is 0 Å². The predicted molar refractivity (Wildman–Crippen MR) is 86.3 cm³/mol. The number of Topliss-reactive ketones (excluding diaryl/α,β-unsaturated/α-hetero) is 1. The number of carbonyl (C=O) groups excluding carboxylic acids is 1. The summed E-state index contributed by atoms with van der Waals surface area (Å²) in [5.41, 5.74) is -0.177. The first-order valence-corrected chi connectivity index (χ1v) is 9.16. The molecule has 0 aromatic carbocycles. The SMILES string of the molecule is CC[C@]12CC[C@@H](O)[C@H](/C=C/[C@@H](O)C3CCCCC3)[C@H]1CC2=O. The van der Waals surface area contributed by atoms with E-state index < -0.39 is 0 Å². The summed E-state index contributed by atoms with van der Waals surface area (Å²) in [5, 5.41) is 20.8. The Kier molecular flexibility index (Phi) is 4.75. The summed E-state index contributed by atoms with van der Waals surface area (Å²) in [6.45, 7) is 2.10. The van der Waals surface area contributed by atoms with Gasteiger partial charge < -0.3 is 10.2 Å². The second-order valence-electron chi connectivity index (χ2n) is 7.70. The van der Waals surface area contributed by atoms with Crippen molar-refractivity contribution >= 4 is 5.78 Å². The van der Waals surface area contributed by atoms with Gasteiger partial charge >= 0.3 is 0 Å². The molecular weight excluding hydrogens is 276 g/mol. The lowest BCUT2D eigenvalue weighted by atomic mass is 9.48. The Balaban J connectivity index is 1.67. The molecule has 3 saturated carbocycles. The molecule has 5 atom stereocenters. The first-order chi connectivity index (χ1) is 10.6. The van der Waals surface area contributed by atoms with Gasteiger partial charge in [-0.1, -0.05) is 38.3 Å². The number of aliphatic hydroxyl groups is 2. The second kappa shape index (κ2) is 6.45. The first kappa shape index (κ1) is 16.2. The highest BCUT2D eigenvalue weighted by atomic mass is 16.3. The maximum atomic E-state index is 12.1. The molecule has 0 aromatic heterocycles. The van der Waals surface area contributed by atoms with Crippen LogP contribution in [0.25, 0.3) is 0 Å². The summed E-state index contributed by atoms with van der Waals surface area (Å²) in [6, 6.07) is 0. The predicted octanol–water partition coefficient (Wildman–Crippen LogP) is 3.24. The van der Waals surface area contributed by atoms with Gasteiger partial charge in [-0.2, -0.15) is 0 Å². The van der Waals surface area contributed by atoms with Gasteiger partial charge in [0, 0.05) is 17.8 Å². The minimum absolute atomic E-state index is 0.0460. The van der Waals surface area contributed by atoms with E-state index in [9.17, 15) is 15.0 Å². The molecule has 0 unspecified atom stereocenters. The third-order valence-corrected chi connectivity index (χ3v) is 6.76. The second-order valence-corrected chi connectivity index (χ2v) is 7.70. The molecular formula is C19H30O3. The minimum atomic E-state index is -0.388. The number of rotatable bonds is 4. The van der Waals surface area contributed by atoms with Gasteiger partial charge in [-0.25, -0.2) is 0 Å². The van der Waals surface area contributed by atoms with Gasteiger partial charge in [0.1, 0.15) is 5.78 Å². The zero-order valence-electron chi connectivity index (χ0n) is 13.7. The van der Waals surface area contributed by atoms with Crippen LogP contribution in [0, 0.1) is 23.2 Å². The molecule has 0 heterocycles. The van der Waals surface area contributed by atoms with Crippen LogP contribution in [0.15, 0.2) is 12.2 Å². The van der Waals surface area contributed by atoms with E-state index in [1.807, 2.05) is 12.2 Å². The van der Waals surface area contributed by atoms with Crippen molar-refractivity contribution in [2.45, 2.75) is 76.9 Å². The van der Waals surface area contributed by atoms with Gasteiger partial charge in [-0.05, 0) is 43.9 Å². The van der Waals surface area contributed by atoms with E-state index in [-0.39, 0.29) is 29.5 Å². The van der Waals surface area contributed by atoms with Gasteiger partial charge in [-0.3, -0.25) is 4.79 Å². The van der Waals surface area contributed by atoms with E-state index in [4.69, 9.17) is 0 Å². The Bertz CT molecular complexity index is 438. The van der Waals surface area contributed by atoms with Crippen molar-refractivity contribution in [3.05, 3.63) is 12.2 Å². The number of aliphatic hydroxyl groups excluding tert-OH is 2. The van der Waals surface area contributed by atoms with Crippen molar-refractivity contribution in [2.75, 3.05) is 0 Å². The number of hydrogen-bond acceptors (Lipinski definition) is 3. The van der Waals surface area contributed by atoms with Crippen LogP contribution in [0.1, 0.15) is 64.7 Å². The minimum Gasteiger partial charge on any atom is -0.393 e. The molecule has 0 spiro atoms. The molecule has 0 amide bonds. The molecule has 3 rings (SSSR count). The van der Waals surface area contributed by atoms with Crippen LogP contribution in [0.4, 0.5) is 0 Å². The van der Waals surface area contributed by atoms with E-state index in [2.05, 4.69) is 6.92 Å². The van der Waals surface area contributed by atoms with Crippen molar-refractivity contribution in [3.8, 4) is 0 Å². The molecule has 0 aromatic rings. The lowest BCUT2D eigenvalue weighted by Gasteiger charge is -2.55. The number of hydrogen-bond donors (Lipinski definition) is 2. The Hall–Kier alpha value is -0.670. The standard InChI is InChI=1S/C19H30O3/c1-2-19-11-10-17(21)14(15(19)12-18(19)22)8-9-16(20)13-6-4-3-5-7-13/h8-9,13-17,20-21H,2-7,10-12H2,1H3/b9-8+/t14-,15-,16-,17-,19+/m1/s1. The topological polar surface area (TPSA) is 57.5 Å². The fraction of sp³-hybridized carbons (Fsp3) is 0.842. The Morgan fingerprint density at radius 1 is 1.27 bits per heavy atom. The Labute approximate surface area is 133 Å². The largest absolute Gasteiger partial charge is 0.393 e. The number of fused-ring (bicyclic) bond motifs is 1. The highest BCUT2D eigenvalue weighted by Crippen LogP contribution is 2.57. The Morgan fingerprint density at radius 2 is 2.00 bits per heavy atom. The number of carbonyl (C=O) groups is 1. The zero-order chi connectivity index (χ0) is 15.7. The Morgan fingerprint density at radius 3 is 2.64 bits per heavy atom. The smallest absolute Gasteiger partial charge is 0.139 e. The summed E-state index contributed by atoms with van der Waals surface area (Å²) in [6.07, 6.45) is 12.2. The fourth-order valence-electron chi connectivity index (χ4n) is 5.14. The van der Waals surface area contributed by atoms with E-state index in [1.165, 1.54) is 19.3 Å². The molecule has 22 heavy (non-hydrogen) atoms. The van der Waals surface area contributed by atoms with E-state index in [0.717, 1.165) is 25.7 Å². The molecule has 2 N–H and O–H groups in total. The first-order valence-electron chi connectivity index (χ1n) is 9.16. The van der Waals surface area contributed by atoms with Crippen molar-refractivity contribution in [3.63, 3.8) is 0 Å². The monoisotopic (exact) mass is 306 g/mol. The quantitative estimate of drug-likeness (QED) is 0.784. The zero-order valence-corrected chi connectivity index (χ0v) is 13.7. The van der Waals surface area contributed by atoms with Crippen LogP contribution >= 0.6 is 0 Å². The average molecular weight is 306 g/mol. The van der Waals surface area contributed by atoms with Gasteiger partial charge in [0.2, 0.25) is 0 Å². The van der Waals surface area contributed by atoms with Gasteiger partial charge in [-0.15, -0.1) is 0 Å². The summed E-state index contributed by atoms with van der Waals surface area (Å²) in [4.78, 5) is 12.1. The third-order valence-electron chi connectivity index (χ3n) is 6.76. The molecule has 0 radical (unpaired) electrons. The summed E-state index contributed by atoms with van der Waals surface area (Å²) < 4.78 is 0. The van der Waals surface area contributed by atoms with Gasteiger partial charge in [0.05, 0.1) is 12.2 Å². The molecule has 124 valence electrons. The molecule has 0 bridgehead atoms. The highest BCUT2D eigenvalue weighted by Gasteiger charge is 2.58. The lowest BCUT2D eigenvalue weighted by Crippen LogP contribution is -2.57. The number of ketones is 1. The molecule has 3 heteroatoms. The third kappa shape index (κ3) is 2.67. The van der Waals surface area contributed by atoms with Crippen LogP contribution < -0.4 is 0 Å². The summed E-state index contributed by atoms with van der Waals surface area (Å²) in [5.74, 6) is 1.09. The van der Waals surface area contributed by atoms with Crippen LogP contribution in [-0.2, 0) is 4.79 Å². The molecule has 0 aliphatic heterocycles. The lowest BCUT2D eigenvalue weighted by molar-refractivity contribution is -0.160. The summed E-state index contributed by atoms with van der Waals surface area (Å²) >= 11 is 0. The highest BCUT2D eigenvalue weighted by molar-refractivity contribution is 5.91. The molecule has 3 nitrogen and oxygen atoms in total. The van der Waals surface area contributed by atoms with E-state index >= 15 is 0 Å². The maximum Gasteiger partial charge on any atom is 0.139 e. The van der Waals surface area contributed by atoms with Crippen LogP contribution in [0.3, 0.4) is 0 Å². The van der Waals surface area contributed by atoms with Crippen LogP contribution in [-0.4, -0.2) is 28.2 Å². The molecule has 3 aliphatic rings. The summed E-state index contributed by atoms with van der Waals surface area (Å²) in [7, 11) is 0. The fourth-order valence-corrected chi connectivity index (χ4v) is 5.14. The normalized spacial score (nSPS) is 41.2. The molecule has 3 aliphatic carbocycles. The molecule has 3 fully saturated rings. The van der Waals surface area contributed by atoms with Crippen LogP contribution in [0.2, 0.25) is 0 Å². The molecule has 0 saturated heterocycles. The maximum absolute atomic E-state index is 12.1. The van der Waals surface area contributed by atoms with Crippen molar-refractivity contribution in [2.24, 2.45) is 23.2 Å². The van der Waals surface area contributed by atoms with E-state index in [1.54, 1.807) is 0 Å². The van der Waals surface area contributed by atoms with Crippen molar-refractivity contribution in [1.82, 2.24) is 0 Å². The average Bonchev–Trinajstić information content (AvgIpc) is 2.54. The van der Waals surface area contributed by atoms with Crippen LogP contribution in [0.5, 0.6) is 0 Å². The van der Waals surface area contributed by atoms with Crippen molar-refractivity contribution in [1.29, 1.82) is 0 Å². The van der Waals surface area contributed by atoms with Gasteiger partial charge in [0.15, 0.2) is 0 Å². The van der Waals surface area contributed by atoms with Crippen molar-refractivity contribution < 1.29 is 15.0 Å².